The van der Waals surface area contributed by atoms with Gasteiger partial charge in [0.05, 0.1) is 12.7 Å². The molecule has 2 N–H and O–H groups in total. The van der Waals surface area contributed by atoms with E-state index >= 15 is 0 Å². The van der Waals surface area contributed by atoms with Crippen LogP contribution in [0, 0.1) is 0 Å². The topological polar surface area (TPSA) is 39.2 Å². The summed E-state index contributed by atoms with van der Waals surface area (Å²) in [4.78, 5) is 0. The summed E-state index contributed by atoms with van der Waals surface area (Å²) in [5, 5.41) is 0. The van der Waals surface area contributed by atoms with Gasteiger partial charge in [-0.3, -0.25) is 4.39 Å². The van der Waals surface area contributed by atoms with Gasteiger partial charge in [-0.2, -0.15) is 0 Å². The summed E-state index contributed by atoms with van der Waals surface area (Å²) in [5.41, 5.74) is 5.64. The molecule has 76 valence electrons. The van der Waals surface area contributed by atoms with Gasteiger partial charge in [-0.1, -0.05) is 6.92 Å². The largest absolute Gasteiger partial charge is 0.464 e. The number of furan rings is 1. The van der Waals surface area contributed by atoms with Crippen molar-refractivity contribution in [2.75, 3.05) is 6.67 Å². The Hall–Kier alpha value is -0.540. The van der Waals surface area contributed by atoms with Crippen LogP contribution in [-0.2, 0) is 6.42 Å². The van der Waals surface area contributed by atoms with Crippen LogP contribution in [-0.4, -0.2) is 6.67 Å². The van der Waals surface area contributed by atoms with Gasteiger partial charge in [0.25, 0.3) is 0 Å². The molecule has 1 atom stereocenters. The Bertz CT molecular complexity index is 239. The zero-order chi connectivity index (χ0) is 8.97. The van der Waals surface area contributed by atoms with Gasteiger partial charge in [0, 0.05) is 6.42 Å². The van der Waals surface area contributed by atoms with Crippen molar-refractivity contribution in [3.05, 3.63) is 23.7 Å². The molecule has 0 saturated carbocycles. The maximum absolute atomic E-state index is 11.9. The van der Waals surface area contributed by atoms with E-state index in [1.54, 1.807) is 0 Å². The molecule has 13 heavy (non-hydrogen) atoms. The van der Waals surface area contributed by atoms with Gasteiger partial charge < -0.3 is 10.2 Å². The van der Waals surface area contributed by atoms with Crippen molar-refractivity contribution in [2.24, 2.45) is 5.73 Å². The van der Waals surface area contributed by atoms with Crippen LogP contribution in [0.4, 0.5) is 4.39 Å². The molecule has 0 aliphatic carbocycles. The fourth-order valence-electron chi connectivity index (χ4n) is 1.04. The molecule has 2 nitrogen and oxygen atoms in total. The lowest BCUT2D eigenvalue weighted by atomic mass is 10.2. The Morgan fingerprint density at radius 3 is 2.69 bits per heavy atom. The highest BCUT2D eigenvalue weighted by molar-refractivity contribution is 5.85. The van der Waals surface area contributed by atoms with Gasteiger partial charge in [0.1, 0.15) is 11.5 Å². The first kappa shape index (κ1) is 12.5. The fourth-order valence-corrected chi connectivity index (χ4v) is 1.04. The Kier molecular flexibility index (Phi) is 5.75. The molecule has 0 aliphatic rings. The minimum atomic E-state index is -0.399. The van der Waals surface area contributed by atoms with Crippen molar-refractivity contribution in [1.29, 1.82) is 0 Å². The predicted molar refractivity (Wildman–Crippen MR) is 52.9 cm³/mol. The first-order valence-corrected chi connectivity index (χ1v) is 4.18. The second-order valence-electron chi connectivity index (χ2n) is 2.74. The SMILES string of the molecule is CCc1ccc([C@H](N)CCF)o1.Cl. The highest BCUT2D eigenvalue weighted by Crippen LogP contribution is 2.17. The molecule has 0 fully saturated rings. The van der Waals surface area contributed by atoms with E-state index in [4.69, 9.17) is 10.2 Å². The molecule has 0 radical (unpaired) electrons. The normalized spacial score (nSPS) is 12.2. The average molecular weight is 208 g/mol. The summed E-state index contributed by atoms with van der Waals surface area (Å²) in [6, 6.07) is 3.40. The van der Waals surface area contributed by atoms with E-state index in [-0.39, 0.29) is 18.4 Å². The van der Waals surface area contributed by atoms with Gasteiger partial charge in [0.2, 0.25) is 0 Å². The van der Waals surface area contributed by atoms with Crippen LogP contribution >= 0.6 is 12.4 Å². The van der Waals surface area contributed by atoms with Gasteiger partial charge in [-0.15, -0.1) is 12.4 Å². The molecule has 0 aromatic carbocycles. The van der Waals surface area contributed by atoms with E-state index in [0.29, 0.717) is 12.2 Å². The number of alkyl halides is 1. The first-order valence-electron chi connectivity index (χ1n) is 4.18. The monoisotopic (exact) mass is 207 g/mol. The maximum Gasteiger partial charge on any atom is 0.120 e. The number of hydrogen-bond acceptors (Lipinski definition) is 2. The maximum atomic E-state index is 11.9. The first-order chi connectivity index (χ1) is 5.77. The summed E-state index contributed by atoms with van der Waals surface area (Å²) in [6.45, 7) is 1.60. The predicted octanol–water partition coefficient (Wildman–Crippen LogP) is 2.62. The second-order valence-corrected chi connectivity index (χ2v) is 2.74. The average Bonchev–Trinajstić information content (AvgIpc) is 2.52. The molecule has 1 heterocycles. The minimum Gasteiger partial charge on any atom is -0.464 e. The van der Waals surface area contributed by atoms with Crippen LogP contribution in [0.25, 0.3) is 0 Å². The molecular weight excluding hydrogens is 193 g/mol. The van der Waals surface area contributed by atoms with Crippen LogP contribution in [0.5, 0.6) is 0 Å². The lowest BCUT2D eigenvalue weighted by Crippen LogP contribution is -2.09. The van der Waals surface area contributed by atoms with Crippen LogP contribution in [0.15, 0.2) is 16.5 Å². The van der Waals surface area contributed by atoms with E-state index in [1.807, 2.05) is 19.1 Å². The lowest BCUT2D eigenvalue weighted by molar-refractivity contribution is 0.385. The molecule has 0 unspecified atom stereocenters. The molecule has 0 spiro atoms. The smallest absolute Gasteiger partial charge is 0.120 e. The summed E-state index contributed by atoms with van der Waals surface area (Å²) in [7, 11) is 0. The third kappa shape index (κ3) is 3.36. The lowest BCUT2D eigenvalue weighted by Gasteiger charge is -2.04. The van der Waals surface area contributed by atoms with Crippen molar-refractivity contribution >= 4 is 12.4 Å². The van der Waals surface area contributed by atoms with Crippen molar-refractivity contribution in [1.82, 2.24) is 0 Å². The van der Waals surface area contributed by atoms with E-state index in [0.717, 1.165) is 12.2 Å². The van der Waals surface area contributed by atoms with Gasteiger partial charge in [0.15, 0.2) is 0 Å². The third-order valence-corrected chi connectivity index (χ3v) is 1.82. The Morgan fingerprint density at radius 1 is 1.54 bits per heavy atom. The van der Waals surface area contributed by atoms with Crippen LogP contribution < -0.4 is 5.73 Å². The molecule has 0 amide bonds. The van der Waals surface area contributed by atoms with Crippen LogP contribution in [0.2, 0.25) is 0 Å². The summed E-state index contributed by atoms with van der Waals surface area (Å²) >= 11 is 0. The standard InChI is InChI=1S/C9H14FNO.ClH/c1-2-7-3-4-9(12-7)8(11)5-6-10;/h3-4,8H,2,5-6,11H2,1H3;1H/t8-;/m1./s1. The molecule has 0 bridgehead atoms. The highest BCUT2D eigenvalue weighted by atomic mass is 35.5. The van der Waals surface area contributed by atoms with Gasteiger partial charge in [-0.05, 0) is 18.6 Å². The number of nitrogens with two attached hydrogens (primary N) is 1. The van der Waals surface area contributed by atoms with E-state index in [9.17, 15) is 4.39 Å². The fraction of sp³-hybridized carbons (Fsp3) is 0.556. The second kappa shape index (κ2) is 6.00. The molecule has 1 aromatic heterocycles. The minimum absolute atomic E-state index is 0. The van der Waals surface area contributed by atoms with E-state index in [2.05, 4.69) is 0 Å². The number of rotatable bonds is 4. The van der Waals surface area contributed by atoms with Crippen molar-refractivity contribution in [3.8, 4) is 0 Å². The summed E-state index contributed by atoms with van der Waals surface area (Å²) in [6.07, 6.45) is 1.18. The molecule has 1 rings (SSSR count). The van der Waals surface area contributed by atoms with Crippen LogP contribution in [0.1, 0.15) is 30.9 Å². The quantitative estimate of drug-likeness (QED) is 0.825. The third-order valence-electron chi connectivity index (χ3n) is 1.82. The number of hydrogen-bond donors (Lipinski definition) is 1. The van der Waals surface area contributed by atoms with Gasteiger partial charge >= 0.3 is 0 Å². The summed E-state index contributed by atoms with van der Waals surface area (Å²) in [5.74, 6) is 1.59. The zero-order valence-electron chi connectivity index (χ0n) is 7.63. The van der Waals surface area contributed by atoms with Crippen LogP contribution in [0.3, 0.4) is 0 Å². The molecule has 4 heteroatoms. The number of aryl methyl sites for hydroxylation is 1. The van der Waals surface area contributed by atoms with Gasteiger partial charge in [-0.25, -0.2) is 0 Å². The Labute approximate surface area is 83.7 Å². The van der Waals surface area contributed by atoms with E-state index < -0.39 is 6.67 Å². The van der Waals surface area contributed by atoms with Crippen molar-refractivity contribution in [2.45, 2.75) is 25.8 Å². The molecular formula is C9H15ClFNO. The Balaban J connectivity index is 0.00000144. The molecule has 0 saturated heterocycles. The van der Waals surface area contributed by atoms with E-state index in [1.165, 1.54) is 0 Å². The molecule has 1 aromatic rings. The van der Waals surface area contributed by atoms with Crippen molar-refractivity contribution < 1.29 is 8.81 Å². The summed E-state index contributed by atoms with van der Waals surface area (Å²) < 4.78 is 17.3. The number of halogens is 2. The Morgan fingerprint density at radius 2 is 2.23 bits per heavy atom. The zero-order valence-corrected chi connectivity index (χ0v) is 8.44. The van der Waals surface area contributed by atoms with Crippen molar-refractivity contribution in [3.63, 3.8) is 0 Å². The molecule has 0 aliphatic heterocycles. The highest BCUT2D eigenvalue weighted by Gasteiger charge is 2.09.